The van der Waals surface area contributed by atoms with Crippen molar-refractivity contribution in [2.45, 2.75) is 6.92 Å². The second-order valence-corrected chi connectivity index (χ2v) is 5.13. The lowest BCUT2D eigenvalue weighted by molar-refractivity contribution is 0.338. The van der Waals surface area contributed by atoms with E-state index in [9.17, 15) is 9.65 Å². The van der Waals surface area contributed by atoms with Crippen LogP contribution in [0.1, 0.15) is 18.1 Å². The van der Waals surface area contributed by atoms with Gasteiger partial charge in [0.1, 0.15) is 11.6 Å². The standard InChI is InChI=1S/C17H13BrFNO/c1-2-21-17-8-7-12(10-15(17)18)9-13(11-20)14-5-3-4-6-16(14)19/h3-10H,2H2,1H3/b13-9-. The van der Waals surface area contributed by atoms with Gasteiger partial charge in [-0.3, -0.25) is 0 Å². The maximum Gasteiger partial charge on any atom is 0.133 e. The maximum absolute atomic E-state index is 13.8. The molecule has 0 aromatic heterocycles. The molecule has 0 saturated carbocycles. The Kier molecular flexibility index (Phi) is 5.13. The van der Waals surface area contributed by atoms with Gasteiger partial charge in [-0.25, -0.2) is 4.39 Å². The van der Waals surface area contributed by atoms with Crippen molar-refractivity contribution in [1.29, 1.82) is 5.26 Å². The van der Waals surface area contributed by atoms with E-state index in [1.807, 2.05) is 31.2 Å². The van der Waals surface area contributed by atoms with Crippen molar-refractivity contribution in [3.05, 3.63) is 63.9 Å². The Labute approximate surface area is 131 Å². The minimum Gasteiger partial charge on any atom is -0.493 e. The number of hydrogen-bond donors (Lipinski definition) is 0. The average Bonchev–Trinajstić information content (AvgIpc) is 2.48. The zero-order valence-corrected chi connectivity index (χ0v) is 13.0. The van der Waals surface area contributed by atoms with Crippen LogP contribution in [0.3, 0.4) is 0 Å². The van der Waals surface area contributed by atoms with Crippen molar-refractivity contribution in [3.63, 3.8) is 0 Å². The van der Waals surface area contributed by atoms with Crippen LogP contribution >= 0.6 is 15.9 Å². The quantitative estimate of drug-likeness (QED) is 0.573. The molecule has 4 heteroatoms. The first kappa shape index (κ1) is 15.3. The third kappa shape index (κ3) is 3.71. The molecule has 0 spiro atoms. The molecule has 2 nitrogen and oxygen atoms in total. The molecule has 0 amide bonds. The van der Waals surface area contributed by atoms with Gasteiger partial charge >= 0.3 is 0 Å². The largest absolute Gasteiger partial charge is 0.493 e. The highest BCUT2D eigenvalue weighted by atomic mass is 79.9. The summed E-state index contributed by atoms with van der Waals surface area (Å²) in [6.07, 6.45) is 1.65. The van der Waals surface area contributed by atoms with Crippen molar-refractivity contribution in [2.75, 3.05) is 6.61 Å². The van der Waals surface area contributed by atoms with Crippen LogP contribution in [0.4, 0.5) is 4.39 Å². The predicted octanol–water partition coefficient (Wildman–Crippen LogP) is 5.05. The number of nitrogens with zero attached hydrogens (tertiary/aromatic N) is 1. The molecule has 106 valence electrons. The first-order chi connectivity index (χ1) is 10.2. The first-order valence-corrected chi connectivity index (χ1v) is 7.24. The third-order valence-corrected chi connectivity index (χ3v) is 3.47. The van der Waals surface area contributed by atoms with Crippen LogP contribution in [0.2, 0.25) is 0 Å². The number of ether oxygens (including phenoxy) is 1. The Morgan fingerprint density at radius 2 is 2.10 bits per heavy atom. The van der Waals surface area contributed by atoms with E-state index < -0.39 is 5.82 Å². The van der Waals surface area contributed by atoms with E-state index in [4.69, 9.17) is 4.74 Å². The molecular weight excluding hydrogens is 333 g/mol. The molecule has 0 aliphatic rings. The molecule has 0 aliphatic carbocycles. The van der Waals surface area contributed by atoms with Crippen LogP contribution in [0.25, 0.3) is 11.6 Å². The summed E-state index contributed by atoms with van der Waals surface area (Å²) in [7, 11) is 0. The molecule has 2 aromatic carbocycles. The minimum atomic E-state index is -0.407. The van der Waals surface area contributed by atoms with Gasteiger partial charge in [0.05, 0.1) is 22.7 Å². The second kappa shape index (κ2) is 7.05. The van der Waals surface area contributed by atoms with E-state index in [0.29, 0.717) is 12.2 Å². The van der Waals surface area contributed by atoms with Gasteiger partial charge in [0, 0.05) is 5.56 Å². The Morgan fingerprint density at radius 3 is 2.71 bits per heavy atom. The van der Waals surface area contributed by atoms with Gasteiger partial charge < -0.3 is 4.74 Å². The number of halogens is 2. The van der Waals surface area contributed by atoms with Gasteiger partial charge in [-0.15, -0.1) is 0 Å². The molecule has 0 aliphatic heterocycles. The summed E-state index contributed by atoms with van der Waals surface area (Å²) in [4.78, 5) is 0. The Balaban J connectivity index is 2.40. The van der Waals surface area contributed by atoms with Gasteiger partial charge in [0.15, 0.2) is 0 Å². The van der Waals surface area contributed by atoms with Crippen LogP contribution in [0, 0.1) is 17.1 Å². The van der Waals surface area contributed by atoms with Crippen LogP contribution in [0.15, 0.2) is 46.9 Å². The molecule has 0 unspecified atom stereocenters. The van der Waals surface area contributed by atoms with Crippen LogP contribution in [0.5, 0.6) is 5.75 Å². The summed E-state index contributed by atoms with van der Waals surface area (Å²) in [5.41, 5.74) is 1.37. The molecule has 0 fully saturated rings. The van der Waals surface area contributed by atoms with E-state index in [-0.39, 0.29) is 5.57 Å². The molecule has 2 aromatic rings. The Hall–Kier alpha value is -2.12. The minimum absolute atomic E-state index is 0.282. The number of nitriles is 1. The normalized spacial score (nSPS) is 11.0. The maximum atomic E-state index is 13.8. The van der Waals surface area contributed by atoms with Gasteiger partial charge in [-0.2, -0.15) is 5.26 Å². The van der Waals surface area contributed by atoms with Crippen LogP contribution < -0.4 is 4.74 Å². The van der Waals surface area contributed by atoms with Gasteiger partial charge in [0.2, 0.25) is 0 Å². The van der Waals surface area contributed by atoms with Crippen LogP contribution in [-0.4, -0.2) is 6.61 Å². The van der Waals surface area contributed by atoms with Crippen molar-refractivity contribution in [1.82, 2.24) is 0 Å². The van der Waals surface area contributed by atoms with Crippen molar-refractivity contribution >= 4 is 27.6 Å². The number of allylic oxidation sites excluding steroid dienone is 1. The zero-order chi connectivity index (χ0) is 15.2. The Bertz CT molecular complexity index is 719. The summed E-state index contributed by atoms with van der Waals surface area (Å²) < 4.78 is 20.0. The molecule has 0 atom stereocenters. The predicted molar refractivity (Wildman–Crippen MR) is 85.2 cm³/mol. The monoisotopic (exact) mass is 345 g/mol. The highest BCUT2D eigenvalue weighted by Gasteiger charge is 2.07. The summed E-state index contributed by atoms with van der Waals surface area (Å²) in [6, 6.07) is 13.8. The molecule has 0 radical (unpaired) electrons. The summed E-state index contributed by atoms with van der Waals surface area (Å²) in [5.74, 6) is 0.328. The van der Waals surface area contributed by atoms with E-state index in [2.05, 4.69) is 15.9 Å². The first-order valence-electron chi connectivity index (χ1n) is 6.44. The van der Waals surface area contributed by atoms with Gasteiger partial charge in [-0.05, 0) is 52.7 Å². The lowest BCUT2D eigenvalue weighted by Crippen LogP contribution is -1.92. The fourth-order valence-corrected chi connectivity index (χ4v) is 2.41. The Morgan fingerprint density at radius 1 is 1.33 bits per heavy atom. The number of benzene rings is 2. The average molecular weight is 346 g/mol. The van der Waals surface area contributed by atoms with Crippen molar-refractivity contribution in [2.24, 2.45) is 0 Å². The molecule has 0 bridgehead atoms. The lowest BCUT2D eigenvalue weighted by atomic mass is 10.0. The molecule has 2 rings (SSSR count). The zero-order valence-electron chi connectivity index (χ0n) is 11.4. The lowest BCUT2D eigenvalue weighted by Gasteiger charge is -2.07. The van der Waals surface area contributed by atoms with Gasteiger partial charge in [-0.1, -0.05) is 24.3 Å². The van der Waals surface area contributed by atoms with Crippen molar-refractivity contribution < 1.29 is 9.13 Å². The second-order valence-electron chi connectivity index (χ2n) is 4.27. The van der Waals surface area contributed by atoms with E-state index in [1.165, 1.54) is 6.07 Å². The SMILES string of the molecule is CCOc1ccc(/C=C(/C#N)c2ccccc2F)cc1Br. The topological polar surface area (TPSA) is 33.0 Å². The smallest absolute Gasteiger partial charge is 0.133 e. The third-order valence-electron chi connectivity index (χ3n) is 2.85. The van der Waals surface area contributed by atoms with E-state index in [0.717, 1.165) is 15.8 Å². The van der Waals surface area contributed by atoms with E-state index in [1.54, 1.807) is 24.3 Å². The molecule has 0 N–H and O–H groups in total. The summed E-state index contributed by atoms with van der Waals surface area (Å²) in [6.45, 7) is 2.48. The number of rotatable bonds is 4. The highest BCUT2D eigenvalue weighted by molar-refractivity contribution is 9.10. The molecule has 0 heterocycles. The van der Waals surface area contributed by atoms with Crippen molar-refractivity contribution in [3.8, 4) is 11.8 Å². The molecule has 0 saturated heterocycles. The highest BCUT2D eigenvalue weighted by Crippen LogP contribution is 2.28. The summed E-state index contributed by atoms with van der Waals surface area (Å²) in [5, 5.41) is 9.25. The van der Waals surface area contributed by atoms with E-state index >= 15 is 0 Å². The van der Waals surface area contributed by atoms with Gasteiger partial charge in [0.25, 0.3) is 0 Å². The molecular formula is C17H13BrFNO. The fraction of sp³-hybridized carbons (Fsp3) is 0.118. The van der Waals surface area contributed by atoms with Crippen LogP contribution in [-0.2, 0) is 0 Å². The summed E-state index contributed by atoms with van der Waals surface area (Å²) >= 11 is 3.42. The fourth-order valence-electron chi connectivity index (χ4n) is 1.90. The number of hydrogen-bond acceptors (Lipinski definition) is 2. The molecule has 21 heavy (non-hydrogen) atoms.